The summed E-state index contributed by atoms with van der Waals surface area (Å²) in [6, 6.07) is 2.70. The largest absolute Gasteiger partial charge is 0.497 e. The monoisotopic (exact) mass is 1250 g/mol. The molecule has 0 aromatic heterocycles. The molecule has 3 heterocycles. The maximum absolute atomic E-state index is 14.1. The quantitative estimate of drug-likeness (QED) is 0.0272. The van der Waals surface area contributed by atoms with Crippen LogP contribution in [0.4, 0.5) is 0 Å². The number of aliphatic hydroxyl groups is 9. The van der Waals surface area contributed by atoms with Crippen LogP contribution in [0.5, 0.6) is 5.75 Å². The van der Waals surface area contributed by atoms with Gasteiger partial charge in [-0.3, -0.25) is 33.6 Å². The lowest BCUT2D eigenvalue weighted by molar-refractivity contribution is -0.272. The van der Waals surface area contributed by atoms with E-state index in [2.05, 4.69) is 37.2 Å². The van der Waals surface area contributed by atoms with Crippen molar-refractivity contribution in [1.82, 2.24) is 37.2 Å². The second-order valence-corrected chi connectivity index (χ2v) is 20.8. The number of hydrogen-bond acceptors (Lipinski definition) is 26. The first kappa shape index (κ1) is 74.1. The van der Waals surface area contributed by atoms with E-state index >= 15 is 0 Å². The highest BCUT2D eigenvalue weighted by Crippen LogP contribution is 2.29. The van der Waals surface area contributed by atoms with Gasteiger partial charge in [-0.2, -0.15) is 0 Å². The molecule has 16 N–H and O–H groups in total. The zero-order chi connectivity index (χ0) is 64.1. The van der Waals surface area contributed by atoms with E-state index in [4.69, 9.17) is 47.4 Å². The number of amides is 7. The van der Waals surface area contributed by atoms with Crippen LogP contribution in [-0.4, -0.2) is 291 Å². The minimum atomic E-state index is -1.51. The molecular weight excluding hydrogens is 1160 g/mol. The first-order chi connectivity index (χ1) is 41.6. The van der Waals surface area contributed by atoms with Gasteiger partial charge in [-0.15, -0.1) is 0 Å². The molecule has 33 heteroatoms. The summed E-state index contributed by atoms with van der Waals surface area (Å²) in [6.07, 6.45) is -17.1. The highest BCUT2D eigenvalue weighted by Gasteiger charge is 2.48. The van der Waals surface area contributed by atoms with Crippen LogP contribution in [0.1, 0.15) is 69.7 Å². The molecule has 3 saturated heterocycles. The molecule has 0 saturated carbocycles. The molecule has 3 aliphatic heterocycles. The molecule has 33 nitrogen and oxygen atoms in total. The lowest BCUT2D eigenvalue weighted by Crippen LogP contribution is -2.64. The van der Waals surface area contributed by atoms with Gasteiger partial charge in [0, 0.05) is 70.8 Å². The van der Waals surface area contributed by atoms with Crippen molar-refractivity contribution in [2.24, 2.45) is 0 Å². The molecule has 7 amide bonds. The third-order valence-corrected chi connectivity index (χ3v) is 14.2. The Kier molecular flexibility index (Phi) is 33.1. The SMILES string of the molecule is COc1ccc(C(=O)NC(CCC(=O)NCCOCCOC2OC(CO)C(O)C(O)C2NC(C)=O)(CCC(=O)NCCOCCOC2OC(CO)C(O)C(O)C2NC(C)=O)CCC(=O)NCCOCCOC2OC(CO)C(O)C(O)C2NC(C)=O)cc1. The Morgan fingerprint density at radius 2 is 0.770 bits per heavy atom. The summed E-state index contributed by atoms with van der Waals surface area (Å²) in [5.41, 5.74) is -1.17. The molecular formula is C54H89N7O26. The summed E-state index contributed by atoms with van der Waals surface area (Å²) < 4.78 is 55.7. The Morgan fingerprint density at radius 1 is 0.460 bits per heavy atom. The molecule has 87 heavy (non-hydrogen) atoms. The molecule has 0 radical (unpaired) electrons. The minimum absolute atomic E-state index is 0.00803. The van der Waals surface area contributed by atoms with Gasteiger partial charge in [-0.05, 0) is 43.5 Å². The van der Waals surface area contributed by atoms with Crippen molar-refractivity contribution < 1.29 is 127 Å². The van der Waals surface area contributed by atoms with Crippen LogP contribution in [0.3, 0.4) is 0 Å². The predicted molar refractivity (Wildman–Crippen MR) is 296 cm³/mol. The van der Waals surface area contributed by atoms with Gasteiger partial charge >= 0.3 is 0 Å². The van der Waals surface area contributed by atoms with E-state index in [1.807, 2.05) is 0 Å². The number of carbonyl (C=O) groups excluding carboxylic acids is 7. The maximum atomic E-state index is 14.1. The minimum Gasteiger partial charge on any atom is -0.497 e. The molecule has 3 aliphatic rings. The van der Waals surface area contributed by atoms with E-state index in [-0.39, 0.29) is 123 Å². The van der Waals surface area contributed by atoms with Crippen LogP contribution >= 0.6 is 0 Å². The highest BCUT2D eigenvalue weighted by atomic mass is 16.7. The number of hydrogen-bond donors (Lipinski definition) is 16. The Balaban J connectivity index is 1.37. The number of methoxy groups -OCH3 is 1. The molecule has 3 fully saturated rings. The summed E-state index contributed by atoms with van der Waals surface area (Å²) >= 11 is 0. The van der Waals surface area contributed by atoms with Crippen molar-refractivity contribution in [3.05, 3.63) is 29.8 Å². The first-order valence-electron chi connectivity index (χ1n) is 28.6. The number of rotatable bonds is 39. The third kappa shape index (κ3) is 24.8. The first-order valence-corrected chi connectivity index (χ1v) is 28.6. The van der Waals surface area contributed by atoms with E-state index in [1.54, 1.807) is 12.1 Å². The Hall–Kier alpha value is -5.41. The molecule has 0 aliphatic carbocycles. The molecule has 4 rings (SSSR count). The predicted octanol–water partition coefficient (Wildman–Crippen LogP) is -7.22. The van der Waals surface area contributed by atoms with Crippen LogP contribution in [0.15, 0.2) is 24.3 Å². The van der Waals surface area contributed by atoms with E-state index in [9.17, 15) is 79.5 Å². The van der Waals surface area contributed by atoms with Crippen molar-refractivity contribution in [3.8, 4) is 5.75 Å². The summed E-state index contributed by atoms with van der Waals surface area (Å²) in [5.74, 6) is -3.13. The zero-order valence-corrected chi connectivity index (χ0v) is 49.3. The smallest absolute Gasteiger partial charge is 0.251 e. The van der Waals surface area contributed by atoms with Gasteiger partial charge in [-0.1, -0.05) is 0 Å². The average Bonchev–Trinajstić information content (AvgIpc) is 2.85. The standard InChI is InChI=1S/C54H89N7O26/c1-30(65)58-41-47(74)44(71)35(27-62)85-51(41)82-24-21-79-18-15-55-38(68)9-12-54(61-50(77)33-5-7-34(78-4)8-6-33,13-10-39(69)56-16-19-80-22-25-83-52-42(59-31(2)66)48(75)45(72)36(28-63)86-52)14-11-40(70)57-17-20-81-23-26-84-53-43(60-32(3)67)49(76)46(73)37(29-64)87-53/h5-8,35-37,41-49,51-53,62-64,71-76H,9-29H2,1-4H3,(H,55,68)(H,56,69)(H,57,70)(H,58,65)(H,59,66)(H,60,67)(H,61,77). The zero-order valence-electron chi connectivity index (χ0n) is 49.3. The molecule has 1 aromatic carbocycles. The number of carbonyl (C=O) groups is 7. The summed E-state index contributed by atoms with van der Waals surface area (Å²) in [5, 5.41) is 110. The van der Waals surface area contributed by atoms with Crippen LogP contribution < -0.4 is 42.0 Å². The van der Waals surface area contributed by atoms with E-state index < -0.39 is 159 Å². The topological polar surface area (TPSA) is 478 Å². The fraction of sp³-hybridized carbons (Fsp3) is 0.759. The average molecular weight is 1250 g/mol. The van der Waals surface area contributed by atoms with Gasteiger partial charge in [0.05, 0.1) is 86.4 Å². The van der Waals surface area contributed by atoms with Crippen LogP contribution in [0.25, 0.3) is 0 Å². The second-order valence-electron chi connectivity index (χ2n) is 20.8. The van der Waals surface area contributed by atoms with E-state index in [0.717, 1.165) is 0 Å². The van der Waals surface area contributed by atoms with Crippen LogP contribution in [0, 0.1) is 0 Å². The van der Waals surface area contributed by atoms with Crippen molar-refractivity contribution in [2.75, 3.05) is 106 Å². The van der Waals surface area contributed by atoms with Gasteiger partial charge < -0.3 is 131 Å². The Morgan fingerprint density at radius 3 is 1.05 bits per heavy atom. The van der Waals surface area contributed by atoms with Crippen molar-refractivity contribution in [1.29, 1.82) is 0 Å². The van der Waals surface area contributed by atoms with Gasteiger partial charge in [0.2, 0.25) is 35.4 Å². The Labute approximate surface area is 502 Å². The number of nitrogens with one attached hydrogen (secondary N) is 7. The summed E-state index contributed by atoms with van der Waals surface area (Å²) in [4.78, 5) is 89.8. The van der Waals surface area contributed by atoms with Crippen molar-refractivity contribution >= 4 is 41.4 Å². The molecule has 0 spiro atoms. The highest BCUT2D eigenvalue weighted by molar-refractivity contribution is 5.95. The fourth-order valence-corrected chi connectivity index (χ4v) is 9.54. The van der Waals surface area contributed by atoms with Gasteiger partial charge in [0.15, 0.2) is 18.9 Å². The fourth-order valence-electron chi connectivity index (χ4n) is 9.54. The van der Waals surface area contributed by atoms with Crippen molar-refractivity contribution in [2.45, 2.75) is 157 Å². The van der Waals surface area contributed by atoms with Crippen LogP contribution in [0.2, 0.25) is 0 Å². The van der Waals surface area contributed by atoms with Gasteiger partial charge in [0.1, 0.15) is 78.8 Å². The third-order valence-electron chi connectivity index (χ3n) is 14.2. The lowest BCUT2D eigenvalue weighted by atomic mass is 9.82. The van der Waals surface area contributed by atoms with E-state index in [0.29, 0.717) is 5.75 Å². The second kappa shape index (κ2) is 38.9. The molecule has 15 unspecified atom stereocenters. The van der Waals surface area contributed by atoms with Crippen LogP contribution in [-0.2, 0) is 71.4 Å². The maximum Gasteiger partial charge on any atom is 0.251 e. The molecule has 1 aromatic rings. The van der Waals surface area contributed by atoms with E-state index in [1.165, 1.54) is 40.0 Å². The number of aliphatic hydroxyl groups excluding tert-OH is 9. The van der Waals surface area contributed by atoms with Gasteiger partial charge in [-0.25, -0.2) is 0 Å². The summed E-state index contributed by atoms with van der Waals surface area (Å²) in [7, 11) is 1.45. The molecule has 15 atom stereocenters. The normalized spacial score (nSPS) is 27.9. The molecule has 0 bridgehead atoms. The molecule has 496 valence electrons. The summed E-state index contributed by atoms with van der Waals surface area (Å²) in [6.45, 7) is 1.24. The lowest BCUT2D eigenvalue weighted by Gasteiger charge is -2.42. The Bertz CT molecular complexity index is 2070. The van der Waals surface area contributed by atoms with Crippen molar-refractivity contribution in [3.63, 3.8) is 0 Å². The van der Waals surface area contributed by atoms with Gasteiger partial charge in [0.25, 0.3) is 5.91 Å². The number of ether oxygens (including phenoxy) is 10. The number of benzene rings is 1.